The van der Waals surface area contributed by atoms with Crippen LogP contribution in [0.3, 0.4) is 0 Å². The van der Waals surface area contributed by atoms with Crippen molar-refractivity contribution in [2.75, 3.05) is 7.11 Å². The normalized spacial score (nSPS) is 16.3. The fourth-order valence-electron chi connectivity index (χ4n) is 2.73. The van der Waals surface area contributed by atoms with E-state index < -0.39 is 0 Å². The number of hydrogen-bond acceptors (Lipinski definition) is 5. The molecule has 0 unspecified atom stereocenters. The van der Waals surface area contributed by atoms with Crippen molar-refractivity contribution in [1.82, 2.24) is 5.32 Å². The van der Waals surface area contributed by atoms with E-state index in [1.807, 2.05) is 0 Å². The predicted octanol–water partition coefficient (Wildman–Crippen LogP) is 6.81. The molecule has 152 valence electrons. The summed E-state index contributed by atoms with van der Waals surface area (Å²) in [5, 5.41) is 4.68. The van der Waals surface area contributed by atoms with Crippen LogP contribution in [0.25, 0.3) is 17.4 Å². The van der Waals surface area contributed by atoms with Crippen LogP contribution in [-0.2, 0) is 4.79 Å². The van der Waals surface area contributed by atoms with Crippen LogP contribution in [-0.4, -0.2) is 18.2 Å². The highest BCUT2D eigenvalue weighted by molar-refractivity contribution is 8.18. The van der Waals surface area contributed by atoms with Crippen molar-refractivity contribution in [2.45, 2.75) is 0 Å². The van der Waals surface area contributed by atoms with E-state index in [9.17, 15) is 4.79 Å². The van der Waals surface area contributed by atoms with Crippen molar-refractivity contribution in [2.24, 2.45) is 4.99 Å². The number of carbonyl (C=O) groups excluding carboxylic acids is 1. The first-order chi connectivity index (χ1) is 14.4. The number of nitrogens with zero attached hydrogens (tertiary/aromatic N) is 1. The zero-order valence-electron chi connectivity index (χ0n) is 15.4. The number of methoxy groups -OCH3 is 1. The van der Waals surface area contributed by atoms with Gasteiger partial charge >= 0.3 is 0 Å². The number of ether oxygens (including phenoxy) is 1. The van der Waals surface area contributed by atoms with Crippen LogP contribution < -0.4 is 10.1 Å². The van der Waals surface area contributed by atoms with Crippen LogP contribution in [0.2, 0.25) is 15.1 Å². The Bertz CT molecular complexity index is 1200. The molecule has 0 saturated carbocycles. The second kappa shape index (κ2) is 8.78. The number of hydrogen-bond donors (Lipinski definition) is 1. The molecule has 30 heavy (non-hydrogen) atoms. The van der Waals surface area contributed by atoms with E-state index in [-0.39, 0.29) is 5.91 Å². The molecule has 2 aromatic carbocycles. The van der Waals surface area contributed by atoms with Gasteiger partial charge < -0.3 is 14.5 Å². The number of carbonyl (C=O) groups is 1. The van der Waals surface area contributed by atoms with Gasteiger partial charge in [0, 0.05) is 21.7 Å². The number of halogens is 3. The number of amides is 1. The molecule has 1 N–H and O–H groups in total. The van der Waals surface area contributed by atoms with E-state index in [0.717, 1.165) is 0 Å². The number of amidine groups is 1. The van der Waals surface area contributed by atoms with E-state index in [4.69, 9.17) is 44.0 Å². The second-order valence-electron chi connectivity index (χ2n) is 6.12. The lowest BCUT2D eigenvalue weighted by Crippen LogP contribution is -2.19. The molecular formula is C21H13Cl3N2O3S. The first-order valence-corrected chi connectivity index (χ1v) is 10.6. The van der Waals surface area contributed by atoms with E-state index in [0.29, 0.717) is 53.7 Å². The number of furan rings is 1. The van der Waals surface area contributed by atoms with Gasteiger partial charge in [0.25, 0.3) is 5.91 Å². The molecule has 0 aliphatic carbocycles. The van der Waals surface area contributed by atoms with Gasteiger partial charge in [-0.3, -0.25) is 4.79 Å². The highest BCUT2D eigenvalue weighted by Crippen LogP contribution is 2.35. The Morgan fingerprint density at radius 3 is 2.60 bits per heavy atom. The molecular weight excluding hydrogens is 467 g/mol. The fourth-order valence-corrected chi connectivity index (χ4v) is 4.22. The number of thioether (sulfide) groups is 1. The minimum Gasteiger partial charge on any atom is -0.494 e. The summed E-state index contributed by atoms with van der Waals surface area (Å²) in [5.41, 5.74) is 1.23. The number of benzene rings is 2. The van der Waals surface area contributed by atoms with Crippen molar-refractivity contribution in [3.8, 4) is 17.1 Å². The summed E-state index contributed by atoms with van der Waals surface area (Å²) in [6.07, 6.45) is 1.64. The fraction of sp³-hybridized carbons (Fsp3) is 0.0476. The van der Waals surface area contributed by atoms with Gasteiger partial charge in [-0.2, -0.15) is 0 Å². The van der Waals surface area contributed by atoms with E-state index >= 15 is 0 Å². The third-order valence-corrected chi connectivity index (χ3v) is 5.80. The Hall–Kier alpha value is -2.38. The second-order valence-corrected chi connectivity index (χ2v) is 8.43. The molecule has 3 aromatic rings. The first kappa shape index (κ1) is 20.9. The molecule has 1 aliphatic rings. The standard InChI is InChI=1S/C21H13Cl3N2O3S/c1-28-18-6-3-12(23)9-16(18)25-21-26-20(27)19(30-21)10-13-4-7-17(29-13)14-5-2-11(22)8-15(14)24/h2-10H,1H3,(H,25,26,27)/b19-10-. The largest absolute Gasteiger partial charge is 0.494 e. The first-order valence-electron chi connectivity index (χ1n) is 8.61. The van der Waals surface area contributed by atoms with E-state index in [2.05, 4.69) is 10.3 Å². The van der Waals surface area contributed by atoms with Gasteiger partial charge in [0.15, 0.2) is 5.17 Å². The zero-order valence-corrected chi connectivity index (χ0v) is 18.5. The van der Waals surface area contributed by atoms with Crippen LogP contribution >= 0.6 is 46.6 Å². The smallest absolute Gasteiger partial charge is 0.264 e. The third-order valence-electron chi connectivity index (χ3n) is 4.11. The lowest BCUT2D eigenvalue weighted by Gasteiger charge is -2.04. The molecule has 1 aromatic heterocycles. The van der Waals surface area contributed by atoms with Gasteiger partial charge in [-0.25, -0.2) is 4.99 Å². The minimum atomic E-state index is -0.276. The van der Waals surface area contributed by atoms with Crippen LogP contribution in [0.4, 0.5) is 5.69 Å². The lowest BCUT2D eigenvalue weighted by atomic mass is 10.2. The summed E-state index contributed by atoms with van der Waals surface area (Å²) < 4.78 is 11.1. The molecule has 0 bridgehead atoms. The number of rotatable bonds is 4. The molecule has 1 fully saturated rings. The van der Waals surface area contributed by atoms with Crippen LogP contribution in [0.15, 0.2) is 62.8 Å². The molecule has 1 amide bonds. The highest BCUT2D eigenvalue weighted by Gasteiger charge is 2.25. The molecule has 4 rings (SSSR count). The predicted molar refractivity (Wildman–Crippen MR) is 123 cm³/mol. The highest BCUT2D eigenvalue weighted by atomic mass is 35.5. The average molecular weight is 480 g/mol. The van der Waals surface area contributed by atoms with Gasteiger partial charge in [-0.15, -0.1) is 0 Å². The SMILES string of the molecule is COc1ccc(Cl)cc1N=C1NC(=O)/C(=C/c2ccc(-c3ccc(Cl)cc3Cl)o2)S1. The maximum absolute atomic E-state index is 12.4. The number of nitrogens with one attached hydrogen (secondary N) is 1. The summed E-state index contributed by atoms with van der Waals surface area (Å²) in [6, 6.07) is 13.8. The maximum atomic E-state index is 12.4. The molecule has 0 radical (unpaired) electrons. The lowest BCUT2D eigenvalue weighted by molar-refractivity contribution is -0.115. The topological polar surface area (TPSA) is 63.8 Å². The Morgan fingerprint density at radius 2 is 1.83 bits per heavy atom. The van der Waals surface area contributed by atoms with Gasteiger partial charge in [0.2, 0.25) is 0 Å². The molecule has 1 saturated heterocycles. The van der Waals surface area contributed by atoms with Crippen molar-refractivity contribution in [3.05, 3.63) is 74.3 Å². The van der Waals surface area contributed by atoms with Crippen molar-refractivity contribution >= 4 is 69.4 Å². The molecule has 0 spiro atoms. The monoisotopic (exact) mass is 478 g/mol. The summed E-state index contributed by atoms with van der Waals surface area (Å²) >= 11 is 19.4. The van der Waals surface area contributed by atoms with E-state index in [1.54, 1.807) is 61.7 Å². The molecule has 0 atom stereocenters. The van der Waals surface area contributed by atoms with Gasteiger partial charge in [0.05, 0.1) is 17.0 Å². The van der Waals surface area contributed by atoms with E-state index in [1.165, 1.54) is 11.8 Å². The number of aliphatic imine (C=N–C) groups is 1. The third kappa shape index (κ3) is 4.52. The summed E-state index contributed by atoms with van der Waals surface area (Å²) in [7, 11) is 1.54. The minimum absolute atomic E-state index is 0.276. The van der Waals surface area contributed by atoms with Gasteiger partial charge in [-0.05, 0) is 60.3 Å². The van der Waals surface area contributed by atoms with Crippen LogP contribution in [0, 0.1) is 0 Å². The summed E-state index contributed by atoms with van der Waals surface area (Å²) in [6.45, 7) is 0. The maximum Gasteiger partial charge on any atom is 0.264 e. The molecule has 9 heteroatoms. The van der Waals surface area contributed by atoms with Gasteiger partial charge in [0.1, 0.15) is 23.0 Å². The van der Waals surface area contributed by atoms with Crippen molar-refractivity contribution < 1.29 is 13.9 Å². The average Bonchev–Trinajstić information content (AvgIpc) is 3.29. The van der Waals surface area contributed by atoms with Gasteiger partial charge in [-0.1, -0.05) is 34.8 Å². The van der Waals surface area contributed by atoms with Crippen molar-refractivity contribution in [1.29, 1.82) is 0 Å². The Kier molecular flexibility index (Phi) is 6.11. The summed E-state index contributed by atoms with van der Waals surface area (Å²) in [5.74, 6) is 1.36. The van der Waals surface area contributed by atoms with Crippen LogP contribution in [0.1, 0.15) is 5.76 Å². The van der Waals surface area contributed by atoms with Crippen LogP contribution in [0.5, 0.6) is 5.75 Å². The quantitative estimate of drug-likeness (QED) is 0.418. The van der Waals surface area contributed by atoms with Crippen molar-refractivity contribution in [3.63, 3.8) is 0 Å². The Morgan fingerprint density at radius 1 is 1.07 bits per heavy atom. The zero-order chi connectivity index (χ0) is 21.3. The Labute approximate surface area is 191 Å². The molecule has 1 aliphatic heterocycles. The summed E-state index contributed by atoms with van der Waals surface area (Å²) in [4.78, 5) is 17.2. The Balaban J connectivity index is 1.58. The molecule has 5 nitrogen and oxygen atoms in total. The molecule has 2 heterocycles.